The van der Waals surface area contributed by atoms with Crippen LogP contribution in [-0.4, -0.2) is 51.9 Å². The first-order valence-corrected chi connectivity index (χ1v) is 11.0. The van der Waals surface area contributed by atoms with Crippen LogP contribution in [-0.2, 0) is 16.0 Å². The van der Waals surface area contributed by atoms with E-state index in [0.717, 1.165) is 15.6 Å². The third-order valence-electron chi connectivity index (χ3n) is 5.55. The molecule has 3 rings (SSSR count). The molecule has 176 valence electrons. The van der Waals surface area contributed by atoms with E-state index in [0.29, 0.717) is 41.5 Å². The van der Waals surface area contributed by atoms with Crippen molar-refractivity contribution in [2.75, 3.05) is 35.0 Å². The fraction of sp³-hybridized carbons (Fsp3) is 0.333. The number of nitrogens with zero attached hydrogens (tertiary/aromatic N) is 1. The standard InChI is InChI=1S/C24H27BrN2O6/c1-14-20(23(28)33-5)21(16-6-8-17(25)9-7-16)26-24(29)27(14)11-10-15-12-18(30-2)22(32-4)19(13-15)31-3/h6-9,12-13,21H,10-11H2,1-5H3,(H,26,29)/t21-/m1/s1. The van der Waals surface area contributed by atoms with Gasteiger partial charge in [-0.1, -0.05) is 28.1 Å². The molecule has 0 aliphatic carbocycles. The molecule has 9 heteroatoms. The average molecular weight is 519 g/mol. The molecule has 33 heavy (non-hydrogen) atoms. The topological polar surface area (TPSA) is 86.3 Å². The maximum absolute atomic E-state index is 13.0. The van der Waals surface area contributed by atoms with E-state index in [4.69, 9.17) is 18.9 Å². The second-order valence-corrected chi connectivity index (χ2v) is 8.28. The van der Waals surface area contributed by atoms with Gasteiger partial charge in [-0.2, -0.15) is 0 Å². The van der Waals surface area contributed by atoms with Gasteiger partial charge in [0.2, 0.25) is 5.75 Å². The zero-order valence-electron chi connectivity index (χ0n) is 19.2. The molecule has 1 aliphatic rings. The molecule has 8 nitrogen and oxygen atoms in total. The number of rotatable bonds is 8. The molecule has 0 radical (unpaired) electrons. The number of carbonyl (C=O) groups is 2. The molecule has 1 N–H and O–H groups in total. The molecule has 0 saturated heterocycles. The van der Waals surface area contributed by atoms with Gasteiger partial charge in [-0.25, -0.2) is 9.59 Å². The Bertz CT molecular complexity index is 1040. The van der Waals surface area contributed by atoms with Gasteiger partial charge >= 0.3 is 12.0 Å². The largest absolute Gasteiger partial charge is 0.493 e. The highest BCUT2D eigenvalue weighted by atomic mass is 79.9. The van der Waals surface area contributed by atoms with Gasteiger partial charge in [0, 0.05) is 16.7 Å². The Labute approximate surface area is 201 Å². The number of methoxy groups -OCH3 is 4. The number of ether oxygens (including phenoxy) is 4. The summed E-state index contributed by atoms with van der Waals surface area (Å²) in [5, 5.41) is 2.94. The lowest BCUT2D eigenvalue weighted by Gasteiger charge is -2.35. The van der Waals surface area contributed by atoms with Crippen LogP contribution in [0.5, 0.6) is 17.2 Å². The van der Waals surface area contributed by atoms with Crippen LogP contribution in [0.2, 0.25) is 0 Å². The highest BCUT2D eigenvalue weighted by Gasteiger charge is 2.36. The van der Waals surface area contributed by atoms with Crippen LogP contribution >= 0.6 is 15.9 Å². The molecule has 2 aromatic carbocycles. The van der Waals surface area contributed by atoms with Crippen LogP contribution < -0.4 is 19.5 Å². The second kappa shape index (κ2) is 10.6. The summed E-state index contributed by atoms with van der Waals surface area (Å²) in [6.07, 6.45) is 0.499. The highest BCUT2D eigenvalue weighted by Crippen LogP contribution is 2.38. The molecule has 0 spiro atoms. The van der Waals surface area contributed by atoms with E-state index in [9.17, 15) is 9.59 Å². The summed E-state index contributed by atoms with van der Waals surface area (Å²) in [5.74, 6) is 1.08. The molecule has 0 fully saturated rings. The number of urea groups is 1. The Balaban J connectivity index is 1.92. The maximum Gasteiger partial charge on any atom is 0.337 e. The van der Waals surface area contributed by atoms with Gasteiger partial charge in [0.25, 0.3) is 0 Å². The minimum atomic E-state index is -0.601. The first kappa shape index (κ1) is 24.4. The summed E-state index contributed by atoms with van der Waals surface area (Å²) in [7, 11) is 5.98. The first-order chi connectivity index (χ1) is 15.8. The monoisotopic (exact) mass is 518 g/mol. The lowest BCUT2D eigenvalue weighted by molar-refractivity contribution is -0.136. The van der Waals surface area contributed by atoms with E-state index in [2.05, 4.69) is 21.2 Å². The average Bonchev–Trinajstić information content (AvgIpc) is 2.82. The van der Waals surface area contributed by atoms with Gasteiger partial charge in [0.05, 0.1) is 40.1 Å². The fourth-order valence-electron chi connectivity index (χ4n) is 3.85. The lowest BCUT2D eigenvalue weighted by atomic mass is 9.95. The quantitative estimate of drug-likeness (QED) is 0.526. The predicted octanol–water partition coefficient (Wildman–Crippen LogP) is 4.23. The summed E-state index contributed by atoms with van der Waals surface area (Å²) < 4.78 is 22.1. The molecule has 0 bridgehead atoms. The molecule has 0 unspecified atom stereocenters. The first-order valence-electron chi connectivity index (χ1n) is 10.3. The Hall–Kier alpha value is -3.20. The Kier molecular flexibility index (Phi) is 7.86. The summed E-state index contributed by atoms with van der Waals surface area (Å²) >= 11 is 3.41. The third-order valence-corrected chi connectivity index (χ3v) is 6.08. The van der Waals surface area contributed by atoms with Crippen molar-refractivity contribution in [3.63, 3.8) is 0 Å². The van der Waals surface area contributed by atoms with E-state index in [1.54, 1.807) is 33.2 Å². The van der Waals surface area contributed by atoms with Crippen molar-refractivity contribution < 1.29 is 28.5 Å². The zero-order chi connectivity index (χ0) is 24.1. The van der Waals surface area contributed by atoms with E-state index in [-0.39, 0.29) is 6.03 Å². The normalized spacial score (nSPS) is 15.8. The van der Waals surface area contributed by atoms with E-state index < -0.39 is 12.0 Å². The minimum Gasteiger partial charge on any atom is -0.493 e. The van der Waals surface area contributed by atoms with Crippen molar-refractivity contribution in [1.29, 1.82) is 0 Å². The minimum absolute atomic E-state index is 0.291. The van der Waals surface area contributed by atoms with Gasteiger partial charge < -0.3 is 24.3 Å². The van der Waals surface area contributed by atoms with Gasteiger partial charge in [0.1, 0.15) is 0 Å². The second-order valence-electron chi connectivity index (χ2n) is 7.36. The lowest BCUT2D eigenvalue weighted by Crippen LogP contribution is -2.48. The number of hydrogen-bond donors (Lipinski definition) is 1. The smallest absolute Gasteiger partial charge is 0.337 e. The van der Waals surface area contributed by atoms with Crippen molar-refractivity contribution in [3.8, 4) is 17.2 Å². The molecule has 1 aliphatic heterocycles. The van der Waals surface area contributed by atoms with Crippen molar-refractivity contribution in [2.24, 2.45) is 0 Å². The Morgan fingerprint density at radius 3 is 2.15 bits per heavy atom. The number of carbonyl (C=O) groups excluding carboxylic acids is 2. The van der Waals surface area contributed by atoms with E-state index in [1.807, 2.05) is 36.4 Å². The molecule has 1 heterocycles. The van der Waals surface area contributed by atoms with Crippen LogP contribution in [0.1, 0.15) is 24.1 Å². The fourth-order valence-corrected chi connectivity index (χ4v) is 4.12. The van der Waals surface area contributed by atoms with Crippen LogP contribution in [0, 0.1) is 0 Å². The molecule has 2 aromatic rings. The van der Waals surface area contributed by atoms with E-state index in [1.165, 1.54) is 7.11 Å². The van der Waals surface area contributed by atoms with Gasteiger partial charge in [-0.15, -0.1) is 0 Å². The van der Waals surface area contributed by atoms with Gasteiger partial charge in [-0.3, -0.25) is 4.90 Å². The highest BCUT2D eigenvalue weighted by molar-refractivity contribution is 9.10. The number of amides is 2. The summed E-state index contributed by atoms with van der Waals surface area (Å²) in [5.41, 5.74) is 2.62. The molecular formula is C24H27BrN2O6. The van der Waals surface area contributed by atoms with Crippen molar-refractivity contribution in [1.82, 2.24) is 10.2 Å². The number of hydrogen-bond acceptors (Lipinski definition) is 6. The number of allylic oxidation sites excluding steroid dienone is 1. The number of halogens is 1. The van der Waals surface area contributed by atoms with Crippen LogP contribution in [0.4, 0.5) is 4.79 Å². The SMILES string of the molecule is COC(=O)C1=C(C)N(CCc2cc(OC)c(OC)c(OC)c2)C(=O)N[C@@H]1c1ccc(Br)cc1. The Morgan fingerprint density at radius 1 is 1.03 bits per heavy atom. The van der Waals surface area contributed by atoms with Gasteiger partial charge in [0.15, 0.2) is 11.5 Å². The van der Waals surface area contributed by atoms with Crippen LogP contribution in [0.15, 0.2) is 52.1 Å². The van der Waals surface area contributed by atoms with Crippen molar-refractivity contribution >= 4 is 27.9 Å². The molecule has 0 saturated carbocycles. The van der Waals surface area contributed by atoms with Gasteiger partial charge in [-0.05, 0) is 48.7 Å². The molecule has 1 atom stereocenters. The van der Waals surface area contributed by atoms with E-state index >= 15 is 0 Å². The van der Waals surface area contributed by atoms with Crippen LogP contribution in [0.3, 0.4) is 0 Å². The summed E-state index contributed by atoms with van der Waals surface area (Å²) in [6, 6.07) is 10.2. The summed E-state index contributed by atoms with van der Waals surface area (Å²) in [4.78, 5) is 27.3. The molecule has 0 aromatic heterocycles. The number of nitrogens with one attached hydrogen (secondary N) is 1. The predicted molar refractivity (Wildman–Crippen MR) is 127 cm³/mol. The Morgan fingerprint density at radius 2 is 1.64 bits per heavy atom. The molecule has 2 amide bonds. The maximum atomic E-state index is 13.0. The van der Waals surface area contributed by atoms with Crippen molar-refractivity contribution in [3.05, 3.63) is 63.3 Å². The molecular weight excluding hydrogens is 492 g/mol. The summed E-state index contributed by atoms with van der Waals surface area (Å²) in [6.45, 7) is 2.09. The number of benzene rings is 2. The van der Waals surface area contributed by atoms with Crippen LogP contribution in [0.25, 0.3) is 0 Å². The number of esters is 1. The van der Waals surface area contributed by atoms with Crippen molar-refractivity contribution in [2.45, 2.75) is 19.4 Å². The zero-order valence-corrected chi connectivity index (χ0v) is 20.8. The third kappa shape index (κ3) is 5.08.